The Morgan fingerprint density at radius 1 is 1.45 bits per heavy atom. The summed E-state index contributed by atoms with van der Waals surface area (Å²) in [4.78, 5) is 10.9. The molecule has 1 aromatic heterocycles. The lowest BCUT2D eigenvalue weighted by Crippen LogP contribution is -2.47. The molecular weight excluding hydrogens is 258 g/mol. The van der Waals surface area contributed by atoms with Crippen molar-refractivity contribution in [2.45, 2.75) is 51.0 Å². The molecule has 1 fully saturated rings. The molecule has 0 radical (unpaired) electrons. The Labute approximate surface area is 118 Å². The Morgan fingerprint density at radius 3 is 2.65 bits per heavy atom. The fourth-order valence-electron chi connectivity index (χ4n) is 2.89. The zero-order valence-electron chi connectivity index (χ0n) is 12.2. The quantitative estimate of drug-likeness (QED) is 0.635. The first-order chi connectivity index (χ1) is 9.47. The number of nitrogens with two attached hydrogens (primary N) is 1. The van der Waals surface area contributed by atoms with E-state index in [-0.39, 0.29) is 16.1 Å². The number of nitrogens with one attached hydrogen (secondary N) is 1. The fraction of sp³-hybridized carbons (Fsp3) is 0.769. The van der Waals surface area contributed by atoms with Crippen molar-refractivity contribution in [2.24, 2.45) is 12.8 Å². The normalized spacial score (nSPS) is 17.9. The van der Waals surface area contributed by atoms with Gasteiger partial charge in [-0.3, -0.25) is 10.1 Å². The molecule has 0 amide bonds. The first-order valence-corrected chi connectivity index (χ1v) is 7.20. The number of rotatable bonds is 5. The van der Waals surface area contributed by atoms with Crippen molar-refractivity contribution in [3.05, 3.63) is 15.8 Å². The SMILES string of the molecule is CCc1nn(C)c(NCC2(N)CCCCC2)c1[N+](=O)[O-]. The molecule has 3 N–H and O–H groups in total. The molecule has 0 bridgehead atoms. The van der Waals surface area contributed by atoms with E-state index in [0.717, 1.165) is 25.7 Å². The van der Waals surface area contributed by atoms with Crippen LogP contribution in [0.1, 0.15) is 44.7 Å². The highest BCUT2D eigenvalue weighted by Crippen LogP contribution is 2.31. The summed E-state index contributed by atoms with van der Waals surface area (Å²) in [5, 5.41) is 18.6. The number of hydrogen-bond donors (Lipinski definition) is 2. The maximum absolute atomic E-state index is 11.2. The van der Waals surface area contributed by atoms with Crippen molar-refractivity contribution < 1.29 is 4.92 Å². The van der Waals surface area contributed by atoms with Gasteiger partial charge in [0.2, 0.25) is 5.82 Å². The molecule has 0 aromatic carbocycles. The van der Waals surface area contributed by atoms with Gasteiger partial charge in [-0.05, 0) is 19.3 Å². The number of hydrogen-bond acceptors (Lipinski definition) is 5. The molecule has 7 nitrogen and oxygen atoms in total. The van der Waals surface area contributed by atoms with Gasteiger partial charge < -0.3 is 11.1 Å². The predicted octanol–water partition coefficient (Wildman–Crippen LogP) is 1.96. The molecule has 0 atom stereocenters. The molecule has 1 saturated carbocycles. The summed E-state index contributed by atoms with van der Waals surface area (Å²) in [6.45, 7) is 2.42. The van der Waals surface area contributed by atoms with Gasteiger partial charge in [-0.1, -0.05) is 26.2 Å². The van der Waals surface area contributed by atoms with E-state index >= 15 is 0 Å². The lowest BCUT2D eigenvalue weighted by molar-refractivity contribution is -0.384. The average Bonchev–Trinajstić information content (AvgIpc) is 2.74. The molecule has 0 unspecified atom stereocenters. The van der Waals surface area contributed by atoms with Crippen LogP contribution in [0.4, 0.5) is 11.5 Å². The highest BCUT2D eigenvalue weighted by atomic mass is 16.6. The van der Waals surface area contributed by atoms with Crippen LogP contribution in [0.3, 0.4) is 0 Å². The van der Waals surface area contributed by atoms with Crippen molar-refractivity contribution in [2.75, 3.05) is 11.9 Å². The fourth-order valence-corrected chi connectivity index (χ4v) is 2.89. The molecule has 20 heavy (non-hydrogen) atoms. The third kappa shape index (κ3) is 2.92. The van der Waals surface area contributed by atoms with Gasteiger partial charge in [0.25, 0.3) is 0 Å². The molecule has 112 valence electrons. The van der Waals surface area contributed by atoms with Crippen LogP contribution < -0.4 is 11.1 Å². The van der Waals surface area contributed by atoms with Crippen LogP contribution in [-0.4, -0.2) is 26.8 Å². The number of nitro groups is 1. The van der Waals surface area contributed by atoms with E-state index in [4.69, 9.17) is 5.73 Å². The predicted molar refractivity (Wildman–Crippen MR) is 77.7 cm³/mol. The summed E-state index contributed by atoms with van der Waals surface area (Å²) in [6, 6.07) is 0. The third-order valence-electron chi connectivity index (χ3n) is 4.07. The maximum atomic E-state index is 11.2. The molecule has 1 heterocycles. The van der Waals surface area contributed by atoms with Crippen LogP contribution in [0, 0.1) is 10.1 Å². The lowest BCUT2D eigenvalue weighted by Gasteiger charge is -2.33. The van der Waals surface area contributed by atoms with Gasteiger partial charge in [-0.25, -0.2) is 4.68 Å². The minimum absolute atomic E-state index is 0.0782. The Kier molecular flexibility index (Phi) is 4.27. The van der Waals surface area contributed by atoms with Gasteiger partial charge in [-0.2, -0.15) is 5.10 Å². The van der Waals surface area contributed by atoms with Crippen LogP contribution in [0.2, 0.25) is 0 Å². The van der Waals surface area contributed by atoms with Crippen molar-refractivity contribution in [1.82, 2.24) is 9.78 Å². The summed E-state index contributed by atoms with van der Waals surface area (Å²) >= 11 is 0. The van der Waals surface area contributed by atoms with E-state index in [1.807, 2.05) is 6.92 Å². The molecule has 0 aliphatic heterocycles. The number of aromatic nitrogens is 2. The standard InChI is InChI=1S/C13H23N5O2/c1-3-10-11(18(19)20)12(17(2)16-10)15-9-13(14)7-5-4-6-8-13/h15H,3-9,14H2,1-2H3. The van der Waals surface area contributed by atoms with Crippen molar-refractivity contribution >= 4 is 11.5 Å². The zero-order chi connectivity index (χ0) is 14.8. The molecule has 1 aliphatic carbocycles. The number of nitrogens with zero attached hydrogens (tertiary/aromatic N) is 3. The monoisotopic (exact) mass is 281 g/mol. The van der Waals surface area contributed by atoms with Gasteiger partial charge in [0, 0.05) is 19.1 Å². The Hall–Kier alpha value is -1.63. The second kappa shape index (κ2) is 5.78. The van der Waals surface area contributed by atoms with E-state index in [9.17, 15) is 10.1 Å². The van der Waals surface area contributed by atoms with Gasteiger partial charge in [0.05, 0.1) is 4.92 Å². The number of aryl methyl sites for hydroxylation is 2. The second-order valence-electron chi connectivity index (χ2n) is 5.65. The van der Waals surface area contributed by atoms with E-state index in [1.165, 1.54) is 6.42 Å². The Morgan fingerprint density at radius 2 is 2.10 bits per heavy atom. The molecule has 0 saturated heterocycles. The largest absolute Gasteiger partial charge is 0.363 e. The molecule has 1 aromatic rings. The highest BCUT2D eigenvalue weighted by molar-refractivity contribution is 5.60. The van der Waals surface area contributed by atoms with Gasteiger partial charge in [-0.15, -0.1) is 0 Å². The van der Waals surface area contributed by atoms with Crippen molar-refractivity contribution in [3.8, 4) is 0 Å². The van der Waals surface area contributed by atoms with Crippen LogP contribution in [0.5, 0.6) is 0 Å². The third-order valence-corrected chi connectivity index (χ3v) is 4.07. The minimum Gasteiger partial charge on any atom is -0.363 e. The summed E-state index contributed by atoms with van der Waals surface area (Å²) in [5.74, 6) is 0.460. The zero-order valence-corrected chi connectivity index (χ0v) is 12.2. The first-order valence-electron chi connectivity index (χ1n) is 7.20. The van der Waals surface area contributed by atoms with E-state index in [0.29, 0.717) is 24.5 Å². The Balaban J connectivity index is 2.16. The van der Waals surface area contributed by atoms with Crippen LogP contribution in [0.25, 0.3) is 0 Å². The van der Waals surface area contributed by atoms with Crippen LogP contribution >= 0.6 is 0 Å². The second-order valence-corrected chi connectivity index (χ2v) is 5.65. The smallest absolute Gasteiger partial charge is 0.333 e. The lowest BCUT2D eigenvalue weighted by atomic mass is 9.82. The maximum Gasteiger partial charge on any atom is 0.333 e. The molecule has 1 aliphatic rings. The summed E-state index contributed by atoms with van der Waals surface area (Å²) in [5.41, 5.74) is 6.69. The Bertz CT molecular complexity index is 491. The van der Waals surface area contributed by atoms with Crippen LogP contribution in [-0.2, 0) is 13.5 Å². The van der Waals surface area contributed by atoms with Crippen molar-refractivity contribution in [1.29, 1.82) is 0 Å². The summed E-state index contributed by atoms with van der Waals surface area (Å²) < 4.78 is 1.54. The summed E-state index contributed by atoms with van der Waals surface area (Å²) in [7, 11) is 1.72. The van der Waals surface area contributed by atoms with Gasteiger partial charge in [0.15, 0.2) is 0 Å². The van der Waals surface area contributed by atoms with Crippen molar-refractivity contribution in [3.63, 3.8) is 0 Å². The molecule has 2 rings (SSSR count). The highest BCUT2D eigenvalue weighted by Gasteiger charge is 2.30. The first kappa shape index (κ1) is 14.8. The van der Waals surface area contributed by atoms with E-state index in [2.05, 4.69) is 10.4 Å². The van der Waals surface area contributed by atoms with E-state index in [1.54, 1.807) is 11.7 Å². The molecule has 7 heteroatoms. The molecular formula is C13H23N5O2. The average molecular weight is 281 g/mol. The summed E-state index contributed by atoms with van der Waals surface area (Å²) in [6.07, 6.45) is 5.96. The minimum atomic E-state index is -0.363. The van der Waals surface area contributed by atoms with Crippen LogP contribution in [0.15, 0.2) is 0 Å². The van der Waals surface area contributed by atoms with E-state index < -0.39 is 0 Å². The van der Waals surface area contributed by atoms with Gasteiger partial charge in [0.1, 0.15) is 5.69 Å². The molecule has 0 spiro atoms. The number of anilines is 1. The topological polar surface area (TPSA) is 99.0 Å². The van der Waals surface area contributed by atoms with Gasteiger partial charge >= 0.3 is 5.69 Å².